The maximum Gasteiger partial charge on any atom is 0.237 e. The minimum absolute atomic E-state index is 0.113. The van der Waals surface area contributed by atoms with Crippen molar-refractivity contribution in [2.24, 2.45) is 0 Å². The first-order valence-corrected chi connectivity index (χ1v) is 10.9. The monoisotopic (exact) mass is 399 g/mol. The van der Waals surface area contributed by atoms with Crippen LogP contribution in [0.5, 0.6) is 0 Å². The number of rotatable bonds is 5. The Balaban J connectivity index is 1.44. The number of hydrogen-bond acceptors (Lipinski definition) is 4. The molecule has 0 radical (unpaired) electrons. The molecule has 2 aromatic rings. The number of piperidine rings is 1. The Morgan fingerprint density at radius 1 is 1.07 bits per heavy atom. The summed E-state index contributed by atoms with van der Waals surface area (Å²) >= 11 is 0. The van der Waals surface area contributed by atoms with E-state index in [4.69, 9.17) is 4.42 Å². The average Bonchev–Trinajstić information content (AvgIpc) is 3.05. The van der Waals surface area contributed by atoms with Crippen LogP contribution in [0.4, 0.5) is 4.39 Å². The number of likely N-dealkylation sites (tertiary alicyclic amines) is 2. The Morgan fingerprint density at radius 3 is 2.62 bits per heavy atom. The van der Waals surface area contributed by atoms with E-state index in [0.717, 1.165) is 38.9 Å². The molecule has 2 saturated heterocycles. The summed E-state index contributed by atoms with van der Waals surface area (Å²) in [5, 5.41) is 0. The molecule has 1 unspecified atom stereocenters. The molecule has 3 heterocycles. The lowest BCUT2D eigenvalue weighted by Crippen LogP contribution is -2.44. The number of hydrogen-bond donors (Lipinski definition) is 0. The van der Waals surface area contributed by atoms with Crippen LogP contribution in [0.25, 0.3) is 0 Å². The van der Waals surface area contributed by atoms with Crippen LogP contribution in [0.3, 0.4) is 0 Å². The molecule has 2 aliphatic heterocycles. The van der Waals surface area contributed by atoms with Gasteiger partial charge in [-0.2, -0.15) is 0 Å². The maximum atomic E-state index is 13.9. The number of carbonyl (C=O) groups is 1. The molecule has 1 amide bonds. The molecule has 0 aliphatic carbocycles. The molecule has 156 valence electrons. The van der Waals surface area contributed by atoms with E-state index in [-0.39, 0.29) is 17.8 Å². The highest BCUT2D eigenvalue weighted by atomic mass is 19.1. The van der Waals surface area contributed by atoms with Gasteiger partial charge in [-0.05, 0) is 56.8 Å². The summed E-state index contributed by atoms with van der Waals surface area (Å²) in [5.74, 6) is 1.15. The van der Waals surface area contributed by atoms with E-state index in [1.165, 1.54) is 31.7 Å². The van der Waals surface area contributed by atoms with Gasteiger partial charge in [0.2, 0.25) is 11.8 Å². The van der Waals surface area contributed by atoms with Gasteiger partial charge in [0, 0.05) is 13.0 Å². The summed E-state index contributed by atoms with van der Waals surface area (Å²) in [6.45, 7) is 3.26. The summed E-state index contributed by atoms with van der Waals surface area (Å²) in [6.07, 6.45) is 9.86. The molecule has 0 spiro atoms. The molecule has 0 N–H and O–H groups in total. The normalized spacial score (nSPS) is 21.1. The van der Waals surface area contributed by atoms with Gasteiger partial charge in [-0.25, -0.2) is 9.37 Å². The van der Waals surface area contributed by atoms with Crippen molar-refractivity contribution < 1.29 is 13.6 Å². The lowest BCUT2D eigenvalue weighted by Gasteiger charge is -2.35. The van der Waals surface area contributed by atoms with E-state index >= 15 is 0 Å². The van der Waals surface area contributed by atoms with Crippen molar-refractivity contribution >= 4 is 5.91 Å². The number of amides is 1. The lowest BCUT2D eigenvalue weighted by atomic mass is 10.0. The predicted octanol–water partition coefficient (Wildman–Crippen LogP) is 4.33. The van der Waals surface area contributed by atoms with Crippen molar-refractivity contribution in [2.45, 2.75) is 57.4 Å². The average molecular weight is 400 g/mol. The van der Waals surface area contributed by atoms with Gasteiger partial charge in [0.05, 0.1) is 12.7 Å². The van der Waals surface area contributed by atoms with E-state index in [9.17, 15) is 9.18 Å². The van der Waals surface area contributed by atoms with Crippen LogP contribution in [0.15, 0.2) is 34.9 Å². The molecule has 1 aromatic carbocycles. The largest absolute Gasteiger partial charge is 0.443 e. The molecule has 2 fully saturated rings. The first kappa shape index (κ1) is 20.1. The van der Waals surface area contributed by atoms with Gasteiger partial charge in [0.15, 0.2) is 0 Å². The number of oxazole rings is 1. The second kappa shape index (κ2) is 9.53. The minimum Gasteiger partial charge on any atom is -0.443 e. The lowest BCUT2D eigenvalue weighted by molar-refractivity contribution is -0.136. The molecule has 0 saturated carbocycles. The standard InChI is InChI=1S/C23H30FN3O2/c24-20-10-4-3-9-18(20)15-19-16-25-23(29-19)21-11-5-8-14-27(21)22(28)17-26-12-6-1-2-7-13-26/h3-4,9-10,16,21H,1-2,5-8,11-15,17H2. The van der Waals surface area contributed by atoms with Crippen molar-refractivity contribution in [2.75, 3.05) is 26.2 Å². The molecular formula is C23H30FN3O2. The highest BCUT2D eigenvalue weighted by Gasteiger charge is 2.32. The summed E-state index contributed by atoms with van der Waals surface area (Å²) in [4.78, 5) is 21.8. The topological polar surface area (TPSA) is 49.6 Å². The van der Waals surface area contributed by atoms with Gasteiger partial charge in [0.25, 0.3) is 0 Å². The Bertz CT molecular complexity index is 814. The smallest absolute Gasteiger partial charge is 0.237 e. The van der Waals surface area contributed by atoms with Crippen molar-refractivity contribution in [1.82, 2.24) is 14.8 Å². The maximum absolute atomic E-state index is 13.9. The van der Waals surface area contributed by atoms with Crippen LogP contribution in [0.2, 0.25) is 0 Å². The van der Waals surface area contributed by atoms with Crippen molar-refractivity contribution in [3.63, 3.8) is 0 Å². The quantitative estimate of drug-likeness (QED) is 0.751. The molecule has 1 aromatic heterocycles. The fourth-order valence-corrected chi connectivity index (χ4v) is 4.45. The first-order chi connectivity index (χ1) is 14.2. The molecular weight excluding hydrogens is 369 g/mol. The van der Waals surface area contributed by atoms with Crippen molar-refractivity contribution in [3.05, 3.63) is 53.5 Å². The second-order valence-electron chi connectivity index (χ2n) is 8.22. The number of aromatic nitrogens is 1. The first-order valence-electron chi connectivity index (χ1n) is 10.9. The molecule has 29 heavy (non-hydrogen) atoms. The molecule has 0 bridgehead atoms. The molecule has 5 nitrogen and oxygen atoms in total. The van der Waals surface area contributed by atoms with E-state index < -0.39 is 0 Å². The van der Waals surface area contributed by atoms with Gasteiger partial charge in [-0.3, -0.25) is 9.69 Å². The third-order valence-corrected chi connectivity index (χ3v) is 6.06. The Labute approximate surface area is 171 Å². The Hall–Kier alpha value is -2.21. The second-order valence-corrected chi connectivity index (χ2v) is 8.22. The molecule has 4 rings (SSSR count). The van der Waals surface area contributed by atoms with Crippen LogP contribution in [0, 0.1) is 5.82 Å². The number of benzene rings is 1. The summed E-state index contributed by atoms with van der Waals surface area (Å²) in [6, 6.07) is 6.60. The zero-order chi connectivity index (χ0) is 20.1. The third kappa shape index (κ3) is 5.04. The zero-order valence-corrected chi connectivity index (χ0v) is 17.0. The predicted molar refractivity (Wildman–Crippen MR) is 109 cm³/mol. The summed E-state index contributed by atoms with van der Waals surface area (Å²) in [7, 11) is 0. The van der Waals surface area contributed by atoms with E-state index in [0.29, 0.717) is 30.2 Å². The molecule has 6 heteroatoms. The van der Waals surface area contributed by atoms with E-state index in [1.54, 1.807) is 18.3 Å². The summed E-state index contributed by atoms with van der Waals surface area (Å²) in [5.41, 5.74) is 0.591. The van der Waals surface area contributed by atoms with Crippen LogP contribution in [-0.2, 0) is 11.2 Å². The van der Waals surface area contributed by atoms with Crippen LogP contribution in [0.1, 0.15) is 68.2 Å². The fourth-order valence-electron chi connectivity index (χ4n) is 4.45. The third-order valence-electron chi connectivity index (χ3n) is 6.06. The van der Waals surface area contributed by atoms with Crippen molar-refractivity contribution in [3.8, 4) is 0 Å². The highest BCUT2D eigenvalue weighted by Crippen LogP contribution is 2.31. The van der Waals surface area contributed by atoms with Gasteiger partial charge < -0.3 is 9.32 Å². The van der Waals surface area contributed by atoms with Crippen LogP contribution in [-0.4, -0.2) is 46.9 Å². The number of halogens is 1. The molecule has 2 aliphatic rings. The Kier molecular flexibility index (Phi) is 6.60. The summed E-state index contributed by atoms with van der Waals surface area (Å²) < 4.78 is 19.9. The van der Waals surface area contributed by atoms with Gasteiger partial charge in [-0.1, -0.05) is 31.0 Å². The zero-order valence-electron chi connectivity index (χ0n) is 17.0. The minimum atomic E-state index is -0.239. The number of nitrogens with zero attached hydrogens (tertiary/aromatic N) is 3. The van der Waals surface area contributed by atoms with Crippen LogP contribution >= 0.6 is 0 Å². The van der Waals surface area contributed by atoms with Crippen molar-refractivity contribution in [1.29, 1.82) is 0 Å². The van der Waals surface area contributed by atoms with E-state index in [2.05, 4.69) is 9.88 Å². The van der Waals surface area contributed by atoms with Gasteiger partial charge >= 0.3 is 0 Å². The van der Waals surface area contributed by atoms with Crippen LogP contribution < -0.4 is 0 Å². The van der Waals surface area contributed by atoms with Gasteiger partial charge in [-0.15, -0.1) is 0 Å². The Morgan fingerprint density at radius 2 is 1.83 bits per heavy atom. The number of carbonyl (C=O) groups excluding carboxylic acids is 1. The van der Waals surface area contributed by atoms with E-state index in [1.807, 2.05) is 11.0 Å². The van der Waals surface area contributed by atoms with Gasteiger partial charge in [0.1, 0.15) is 17.6 Å². The molecule has 1 atom stereocenters. The SMILES string of the molecule is O=C(CN1CCCCCC1)N1CCCCC1c1ncc(Cc2ccccc2F)o1. The highest BCUT2D eigenvalue weighted by molar-refractivity contribution is 5.78. The fraction of sp³-hybridized carbons (Fsp3) is 0.565.